The lowest BCUT2D eigenvalue weighted by atomic mass is 10.0. The summed E-state index contributed by atoms with van der Waals surface area (Å²) in [6, 6.07) is 5.57. The van der Waals surface area contributed by atoms with E-state index in [0.717, 1.165) is 0 Å². The number of nitrogens with zero attached hydrogens (tertiary/aromatic N) is 2. The Bertz CT molecular complexity index is 650. The molecule has 7 nitrogen and oxygen atoms in total. The fourth-order valence-corrected chi connectivity index (χ4v) is 2.89. The first-order chi connectivity index (χ1) is 11.3. The standard InChI is InChI=1S/C16H21ClN4O3/c1-10(2)14(19-16(18)24)15(23)20-7-8-21(13(22)9-20)12-6-4-3-5-11(12)17/h3-6,10,14H,7-9H2,1-2H3,(H3,18,19,24)/t14-/m0/s1. The van der Waals surface area contributed by atoms with Crippen LogP contribution >= 0.6 is 11.6 Å². The Balaban J connectivity index is 2.09. The second-order valence-corrected chi connectivity index (χ2v) is 6.39. The molecule has 1 fully saturated rings. The van der Waals surface area contributed by atoms with Gasteiger partial charge in [-0.3, -0.25) is 9.59 Å². The van der Waals surface area contributed by atoms with E-state index in [4.69, 9.17) is 17.3 Å². The Morgan fingerprint density at radius 2 is 1.92 bits per heavy atom. The van der Waals surface area contributed by atoms with Crippen LogP contribution < -0.4 is 16.0 Å². The lowest BCUT2D eigenvalue weighted by molar-refractivity contribution is -0.139. The molecule has 4 amide bonds. The molecule has 1 aromatic rings. The molecule has 3 N–H and O–H groups in total. The molecule has 0 radical (unpaired) electrons. The predicted octanol–water partition coefficient (Wildman–Crippen LogP) is 1.21. The zero-order valence-corrected chi connectivity index (χ0v) is 14.4. The summed E-state index contributed by atoms with van der Waals surface area (Å²) in [5, 5.41) is 2.93. The topological polar surface area (TPSA) is 95.7 Å². The molecule has 1 atom stereocenters. The lowest BCUT2D eigenvalue weighted by Gasteiger charge is -2.37. The minimum atomic E-state index is -0.761. The molecular weight excluding hydrogens is 332 g/mol. The van der Waals surface area contributed by atoms with Crippen LogP contribution in [0.25, 0.3) is 0 Å². The Labute approximate surface area is 145 Å². The van der Waals surface area contributed by atoms with Crippen molar-refractivity contribution in [3.8, 4) is 0 Å². The van der Waals surface area contributed by atoms with E-state index < -0.39 is 12.1 Å². The number of carbonyl (C=O) groups is 3. The summed E-state index contributed by atoms with van der Waals surface area (Å²) in [4.78, 5) is 39.1. The van der Waals surface area contributed by atoms with Crippen LogP contribution in [0.2, 0.25) is 5.02 Å². The third-order valence-electron chi connectivity index (χ3n) is 3.91. The minimum absolute atomic E-state index is 0.0618. The molecule has 2 rings (SSSR count). The summed E-state index contributed by atoms with van der Waals surface area (Å²) < 4.78 is 0. The molecule has 0 aliphatic carbocycles. The highest BCUT2D eigenvalue weighted by atomic mass is 35.5. The van der Waals surface area contributed by atoms with Crippen LogP contribution in [0.15, 0.2) is 24.3 Å². The number of nitrogens with one attached hydrogen (secondary N) is 1. The maximum atomic E-state index is 12.6. The number of piperazine rings is 1. The van der Waals surface area contributed by atoms with Gasteiger partial charge in [0.05, 0.1) is 10.7 Å². The fraction of sp³-hybridized carbons (Fsp3) is 0.438. The van der Waals surface area contributed by atoms with Gasteiger partial charge in [-0.2, -0.15) is 0 Å². The Hall–Kier alpha value is -2.28. The molecular formula is C16H21ClN4O3. The summed E-state index contributed by atoms with van der Waals surface area (Å²) in [7, 11) is 0. The van der Waals surface area contributed by atoms with Gasteiger partial charge in [0, 0.05) is 13.1 Å². The molecule has 1 aromatic carbocycles. The number of amides is 4. The van der Waals surface area contributed by atoms with Gasteiger partial charge in [-0.15, -0.1) is 0 Å². The first kappa shape index (κ1) is 18.1. The van der Waals surface area contributed by atoms with Gasteiger partial charge in [-0.25, -0.2) is 4.79 Å². The van der Waals surface area contributed by atoms with Gasteiger partial charge >= 0.3 is 6.03 Å². The van der Waals surface area contributed by atoms with E-state index in [1.54, 1.807) is 43.0 Å². The van der Waals surface area contributed by atoms with Gasteiger partial charge in [0.1, 0.15) is 12.6 Å². The summed E-state index contributed by atoms with van der Waals surface area (Å²) >= 11 is 6.14. The van der Waals surface area contributed by atoms with Gasteiger partial charge < -0.3 is 20.9 Å². The van der Waals surface area contributed by atoms with Crippen LogP contribution in [0.1, 0.15) is 13.8 Å². The Kier molecular flexibility index (Phi) is 5.66. The fourth-order valence-electron chi connectivity index (χ4n) is 2.65. The largest absolute Gasteiger partial charge is 0.352 e. The number of nitrogens with two attached hydrogens (primary N) is 1. The van der Waals surface area contributed by atoms with Crippen molar-refractivity contribution in [2.75, 3.05) is 24.5 Å². The van der Waals surface area contributed by atoms with E-state index in [9.17, 15) is 14.4 Å². The molecule has 8 heteroatoms. The van der Waals surface area contributed by atoms with Crippen molar-refractivity contribution in [2.45, 2.75) is 19.9 Å². The molecule has 0 aromatic heterocycles. The Morgan fingerprint density at radius 3 is 2.46 bits per heavy atom. The smallest absolute Gasteiger partial charge is 0.312 e. The maximum Gasteiger partial charge on any atom is 0.312 e. The van der Waals surface area contributed by atoms with Gasteiger partial charge in [0.2, 0.25) is 11.8 Å². The number of carbonyl (C=O) groups excluding carboxylic acids is 3. The molecule has 1 heterocycles. The van der Waals surface area contributed by atoms with Gasteiger partial charge in [0.25, 0.3) is 0 Å². The van der Waals surface area contributed by atoms with E-state index in [1.165, 1.54) is 4.90 Å². The molecule has 0 saturated carbocycles. The van der Waals surface area contributed by atoms with Gasteiger partial charge in [-0.1, -0.05) is 37.6 Å². The van der Waals surface area contributed by atoms with Gasteiger partial charge in [-0.05, 0) is 18.1 Å². The monoisotopic (exact) mass is 352 g/mol. The van der Waals surface area contributed by atoms with Crippen LogP contribution in [0.5, 0.6) is 0 Å². The normalized spacial score (nSPS) is 16.2. The Morgan fingerprint density at radius 1 is 1.25 bits per heavy atom. The predicted molar refractivity (Wildman–Crippen MR) is 91.7 cm³/mol. The molecule has 0 bridgehead atoms. The quantitative estimate of drug-likeness (QED) is 0.852. The first-order valence-electron chi connectivity index (χ1n) is 7.71. The highest BCUT2D eigenvalue weighted by molar-refractivity contribution is 6.33. The number of benzene rings is 1. The van der Waals surface area contributed by atoms with Crippen molar-refractivity contribution in [3.63, 3.8) is 0 Å². The molecule has 1 saturated heterocycles. The number of para-hydroxylation sites is 1. The molecule has 24 heavy (non-hydrogen) atoms. The lowest BCUT2D eigenvalue weighted by Crippen LogP contribution is -2.58. The number of hydrogen-bond donors (Lipinski definition) is 2. The van der Waals surface area contributed by atoms with E-state index in [-0.39, 0.29) is 24.3 Å². The molecule has 0 unspecified atom stereocenters. The number of rotatable bonds is 4. The highest BCUT2D eigenvalue weighted by Gasteiger charge is 2.34. The molecule has 1 aliphatic heterocycles. The van der Waals surface area contributed by atoms with Crippen molar-refractivity contribution in [2.24, 2.45) is 11.7 Å². The zero-order valence-electron chi connectivity index (χ0n) is 13.7. The van der Waals surface area contributed by atoms with Crippen molar-refractivity contribution >= 4 is 35.1 Å². The van der Waals surface area contributed by atoms with Crippen molar-refractivity contribution in [3.05, 3.63) is 29.3 Å². The number of primary amides is 1. The summed E-state index contributed by atoms with van der Waals surface area (Å²) in [5.74, 6) is -0.665. The second-order valence-electron chi connectivity index (χ2n) is 5.99. The van der Waals surface area contributed by atoms with Gasteiger partial charge in [0.15, 0.2) is 0 Å². The van der Waals surface area contributed by atoms with Crippen molar-refractivity contribution in [1.82, 2.24) is 10.2 Å². The zero-order chi connectivity index (χ0) is 17.9. The van der Waals surface area contributed by atoms with Crippen molar-refractivity contribution in [1.29, 1.82) is 0 Å². The van der Waals surface area contributed by atoms with Crippen LogP contribution in [0, 0.1) is 5.92 Å². The highest BCUT2D eigenvalue weighted by Crippen LogP contribution is 2.26. The average molecular weight is 353 g/mol. The van der Waals surface area contributed by atoms with Crippen LogP contribution in [0.4, 0.5) is 10.5 Å². The SMILES string of the molecule is CC(C)[C@H](NC(N)=O)C(=O)N1CCN(c2ccccc2Cl)C(=O)C1. The van der Waals surface area contributed by atoms with Crippen LogP contribution in [-0.4, -0.2) is 48.4 Å². The van der Waals surface area contributed by atoms with E-state index in [2.05, 4.69) is 5.32 Å². The number of anilines is 1. The maximum absolute atomic E-state index is 12.6. The van der Waals surface area contributed by atoms with Crippen molar-refractivity contribution < 1.29 is 14.4 Å². The molecule has 0 spiro atoms. The molecule has 130 valence electrons. The summed E-state index contributed by atoms with van der Waals surface area (Å²) in [5.41, 5.74) is 5.76. The third-order valence-corrected chi connectivity index (χ3v) is 4.23. The second kappa shape index (κ2) is 7.53. The number of urea groups is 1. The van der Waals surface area contributed by atoms with E-state index in [0.29, 0.717) is 23.8 Å². The average Bonchev–Trinajstić information content (AvgIpc) is 2.52. The van der Waals surface area contributed by atoms with E-state index in [1.807, 2.05) is 0 Å². The summed E-state index contributed by atoms with van der Waals surface area (Å²) in [6.45, 7) is 4.25. The summed E-state index contributed by atoms with van der Waals surface area (Å²) in [6.07, 6.45) is 0. The minimum Gasteiger partial charge on any atom is -0.352 e. The molecule has 1 aliphatic rings. The first-order valence-corrected chi connectivity index (χ1v) is 8.08. The number of halogens is 1. The third kappa shape index (κ3) is 3.97. The van der Waals surface area contributed by atoms with E-state index >= 15 is 0 Å². The number of hydrogen-bond acceptors (Lipinski definition) is 3. The van der Waals surface area contributed by atoms with Crippen LogP contribution in [-0.2, 0) is 9.59 Å². The van der Waals surface area contributed by atoms with Crippen LogP contribution in [0.3, 0.4) is 0 Å².